The van der Waals surface area contributed by atoms with Gasteiger partial charge in [0.25, 0.3) is 0 Å². The van der Waals surface area contributed by atoms with Gasteiger partial charge in [-0.2, -0.15) is 0 Å². The van der Waals surface area contributed by atoms with Crippen molar-refractivity contribution >= 4 is 11.9 Å². The maximum Gasteiger partial charge on any atom is 0.329 e. The minimum Gasteiger partial charge on any atom is -0.480 e. The quantitative estimate of drug-likeness (QED) is 0.733. The molecule has 0 heterocycles. The normalized spacial score (nSPS) is 11.1. The summed E-state index contributed by atoms with van der Waals surface area (Å²) < 4.78 is 0. The topological polar surface area (TPSA) is 57.6 Å². The fourth-order valence-electron chi connectivity index (χ4n) is 0.951. The number of nitrogens with zero attached hydrogens (tertiary/aromatic N) is 1. The van der Waals surface area contributed by atoms with Crippen LogP contribution in [0.2, 0.25) is 0 Å². The van der Waals surface area contributed by atoms with E-state index in [9.17, 15) is 9.59 Å². The molecule has 0 aromatic heterocycles. The highest BCUT2D eigenvalue weighted by atomic mass is 16.4. The van der Waals surface area contributed by atoms with E-state index in [1.807, 2.05) is 6.92 Å². The molecule has 4 nitrogen and oxygen atoms in total. The van der Waals surface area contributed by atoms with E-state index in [-0.39, 0.29) is 5.91 Å². The van der Waals surface area contributed by atoms with Crippen molar-refractivity contribution in [3.8, 4) is 0 Å². The molecular weight excluding hydrogens is 182 g/mol. The van der Waals surface area contributed by atoms with Crippen molar-refractivity contribution in [1.82, 2.24) is 4.90 Å². The molecule has 0 spiro atoms. The van der Waals surface area contributed by atoms with Crippen LogP contribution in [0.15, 0.2) is 0 Å². The molecular formula is C10H19NO3. The minimum atomic E-state index is -1.12. The molecule has 0 atom stereocenters. The average Bonchev–Trinajstić information content (AvgIpc) is 2.12. The van der Waals surface area contributed by atoms with Crippen LogP contribution >= 0.6 is 0 Å². The molecule has 0 fully saturated rings. The molecule has 82 valence electrons. The lowest BCUT2D eigenvalue weighted by Crippen LogP contribution is -2.50. The van der Waals surface area contributed by atoms with Gasteiger partial charge >= 0.3 is 5.97 Å². The second-order valence-corrected chi connectivity index (χ2v) is 3.92. The predicted octanol–water partition coefficient (Wildman–Crippen LogP) is 1.50. The van der Waals surface area contributed by atoms with Gasteiger partial charge in [-0.15, -0.1) is 0 Å². The highest BCUT2D eigenvalue weighted by Crippen LogP contribution is 2.14. The highest BCUT2D eigenvalue weighted by molar-refractivity contribution is 5.86. The lowest BCUT2D eigenvalue weighted by atomic mass is 10.0. The van der Waals surface area contributed by atoms with E-state index in [1.54, 1.807) is 0 Å². The Balaban J connectivity index is 4.37. The molecule has 0 aromatic rings. The molecule has 1 N–H and O–H groups in total. The summed E-state index contributed by atoms with van der Waals surface area (Å²) in [6, 6.07) is 0. The number of carbonyl (C=O) groups excluding carboxylic acids is 1. The van der Waals surface area contributed by atoms with E-state index in [1.165, 1.54) is 25.8 Å². The van der Waals surface area contributed by atoms with Gasteiger partial charge in [0.1, 0.15) is 5.54 Å². The van der Waals surface area contributed by atoms with Gasteiger partial charge in [0.05, 0.1) is 0 Å². The second kappa shape index (κ2) is 4.98. The standard InChI is InChI=1S/C10H19NO3/c1-5-6-7-8(12)11(4)10(2,3)9(13)14/h5-7H2,1-4H3,(H,13,14). The van der Waals surface area contributed by atoms with E-state index < -0.39 is 11.5 Å². The second-order valence-electron chi connectivity index (χ2n) is 3.92. The average molecular weight is 201 g/mol. The third-order valence-corrected chi connectivity index (χ3v) is 2.48. The lowest BCUT2D eigenvalue weighted by Gasteiger charge is -2.31. The zero-order valence-electron chi connectivity index (χ0n) is 9.33. The molecule has 0 radical (unpaired) electrons. The number of hydrogen-bond donors (Lipinski definition) is 1. The molecule has 0 aromatic carbocycles. The number of aliphatic carboxylic acids is 1. The Morgan fingerprint density at radius 2 is 1.86 bits per heavy atom. The molecule has 0 saturated heterocycles. The van der Waals surface area contributed by atoms with Crippen LogP contribution in [0.25, 0.3) is 0 Å². The van der Waals surface area contributed by atoms with Gasteiger partial charge in [-0.05, 0) is 20.3 Å². The molecule has 0 aliphatic carbocycles. The number of rotatable bonds is 5. The molecule has 0 rings (SSSR count). The summed E-state index contributed by atoms with van der Waals surface area (Å²) in [5.74, 6) is -1.09. The van der Waals surface area contributed by atoms with Gasteiger partial charge in [-0.3, -0.25) is 4.79 Å². The number of likely N-dealkylation sites (N-methyl/N-ethyl adjacent to an activating group) is 1. The number of unbranched alkanes of at least 4 members (excludes halogenated alkanes) is 1. The Kier molecular flexibility index (Phi) is 4.60. The maximum absolute atomic E-state index is 11.5. The number of carboxylic acids is 1. The van der Waals surface area contributed by atoms with Crippen molar-refractivity contribution in [3.63, 3.8) is 0 Å². The van der Waals surface area contributed by atoms with Crippen molar-refractivity contribution in [2.24, 2.45) is 0 Å². The first-order valence-corrected chi connectivity index (χ1v) is 4.84. The van der Waals surface area contributed by atoms with Crippen LogP contribution in [0, 0.1) is 0 Å². The summed E-state index contributed by atoms with van der Waals surface area (Å²) in [7, 11) is 1.53. The minimum absolute atomic E-state index is 0.112. The zero-order valence-corrected chi connectivity index (χ0v) is 9.33. The summed E-state index contributed by atoms with van der Waals surface area (Å²) in [4.78, 5) is 23.7. The molecule has 0 aliphatic heterocycles. The lowest BCUT2D eigenvalue weighted by molar-refractivity contribution is -0.155. The van der Waals surface area contributed by atoms with Crippen molar-refractivity contribution in [3.05, 3.63) is 0 Å². The Hall–Kier alpha value is -1.06. The molecule has 0 aliphatic rings. The zero-order chi connectivity index (χ0) is 11.4. The first kappa shape index (κ1) is 12.9. The maximum atomic E-state index is 11.5. The van der Waals surface area contributed by atoms with Gasteiger partial charge in [0.2, 0.25) is 5.91 Å². The summed E-state index contributed by atoms with van der Waals surface area (Å²) in [6.07, 6.45) is 2.16. The van der Waals surface area contributed by atoms with E-state index in [2.05, 4.69) is 0 Å². The summed E-state index contributed by atoms with van der Waals surface area (Å²) in [5.41, 5.74) is -1.12. The summed E-state index contributed by atoms with van der Waals surface area (Å²) in [5, 5.41) is 8.89. The molecule has 0 unspecified atom stereocenters. The van der Waals surface area contributed by atoms with Gasteiger partial charge in [-0.25, -0.2) is 4.79 Å². The van der Waals surface area contributed by atoms with Crippen LogP contribution in [-0.4, -0.2) is 34.5 Å². The molecule has 0 bridgehead atoms. The van der Waals surface area contributed by atoms with Gasteiger partial charge in [0.15, 0.2) is 0 Å². The fourth-order valence-corrected chi connectivity index (χ4v) is 0.951. The Morgan fingerprint density at radius 3 is 2.21 bits per heavy atom. The van der Waals surface area contributed by atoms with E-state index in [0.717, 1.165) is 12.8 Å². The van der Waals surface area contributed by atoms with Gasteiger partial charge in [0, 0.05) is 13.5 Å². The largest absolute Gasteiger partial charge is 0.480 e. The van der Waals surface area contributed by atoms with Gasteiger partial charge < -0.3 is 10.0 Å². The Morgan fingerprint density at radius 1 is 1.36 bits per heavy atom. The smallest absolute Gasteiger partial charge is 0.329 e. The SMILES string of the molecule is CCCCC(=O)N(C)C(C)(C)C(=O)O. The van der Waals surface area contributed by atoms with Crippen molar-refractivity contribution < 1.29 is 14.7 Å². The van der Waals surface area contributed by atoms with Crippen LogP contribution in [0.4, 0.5) is 0 Å². The van der Waals surface area contributed by atoms with Crippen LogP contribution in [0.3, 0.4) is 0 Å². The predicted molar refractivity (Wildman–Crippen MR) is 54.0 cm³/mol. The third-order valence-electron chi connectivity index (χ3n) is 2.48. The summed E-state index contributed by atoms with van der Waals surface area (Å²) in [6.45, 7) is 5.05. The van der Waals surface area contributed by atoms with E-state index in [4.69, 9.17) is 5.11 Å². The molecule has 4 heteroatoms. The molecule has 14 heavy (non-hydrogen) atoms. The third kappa shape index (κ3) is 3.01. The Labute approximate surface area is 84.9 Å². The van der Waals surface area contributed by atoms with Crippen LogP contribution in [-0.2, 0) is 9.59 Å². The first-order chi connectivity index (χ1) is 6.34. The fraction of sp³-hybridized carbons (Fsp3) is 0.800. The monoisotopic (exact) mass is 201 g/mol. The highest BCUT2D eigenvalue weighted by Gasteiger charge is 2.34. The van der Waals surface area contributed by atoms with Gasteiger partial charge in [-0.1, -0.05) is 13.3 Å². The number of hydrogen-bond acceptors (Lipinski definition) is 2. The van der Waals surface area contributed by atoms with E-state index in [0.29, 0.717) is 6.42 Å². The molecule has 1 amide bonds. The van der Waals surface area contributed by atoms with Crippen molar-refractivity contribution in [1.29, 1.82) is 0 Å². The van der Waals surface area contributed by atoms with Crippen LogP contribution in [0.1, 0.15) is 40.0 Å². The van der Waals surface area contributed by atoms with Crippen molar-refractivity contribution in [2.75, 3.05) is 7.05 Å². The Bertz CT molecular complexity index is 223. The first-order valence-electron chi connectivity index (χ1n) is 4.84. The number of carbonyl (C=O) groups is 2. The van der Waals surface area contributed by atoms with E-state index >= 15 is 0 Å². The summed E-state index contributed by atoms with van der Waals surface area (Å²) >= 11 is 0. The molecule has 0 saturated carbocycles. The van der Waals surface area contributed by atoms with Crippen molar-refractivity contribution in [2.45, 2.75) is 45.6 Å². The van der Waals surface area contributed by atoms with Crippen LogP contribution < -0.4 is 0 Å². The number of carboxylic acid groups (broad SMARTS) is 1. The number of amides is 1. The van der Waals surface area contributed by atoms with Crippen LogP contribution in [0.5, 0.6) is 0 Å².